The maximum absolute atomic E-state index is 13.0. The fraction of sp³-hybridized carbons (Fsp3) is 0.619. The monoisotopic (exact) mass is 357 g/mol. The van der Waals surface area contributed by atoms with Crippen LogP contribution in [-0.4, -0.2) is 72.3 Å². The van der Waals surface area contributed by atoms with Gasteiger partial charge in [-0.1, -0.05) is 31.0 Å². The molecule has 0 unspecified atom stereocenters. The quantitative estimate of drug-likeness (QED) is 0.813. The second kappa shape index (κ2) is 8.67. The third kappa shape index (κ3) is 4.09. The number of rotatable bonds is 5. The van der Waals surface area contributed by atoms with Crippen molar-refractivity contribution >= 4 is 11.8 Å². The van der Waals surface area contributed by atoms with Crippen molar-refractivity contribution < 1.29 is 9.59 Å². The Labute approximate surface area is 156 Å². The summed E-state index contributed by atoms with van der Waals surface area (Å²) in [5.74, 6) is 0.815. The molecular weight excluding hydrogens is 326 g/mol. The van der Waals surface area contributed by atoms with E-state index in [0.29, 0.717) is 19.0 Å². The Morgan fingerprint density at radius 3 is 2.27 bits per heavy atom. The van der Waals surface area contributed by atoms with E-state index in [-0.39, 0.29) is 17.9 Å². The Morgan fingerprint density at radius 1 is 1.08 bits per heavy atom. The van der Waals surface area contributed by atoms with Crippen molar-refractivity contribution in [1.82, 2.24) is 14.7 Å². The predicted octanol–water partition coefficient (Wildman–Crippen LogP) is 2.48. The van der Waals surface area contributed by atoms with E-state index in [2.05, 4.69) is 4.90 Å². The average Bonchev–Trinajstić information content (AvgIpc) is 3.22. The van der Waals surface area contributed by atoms with Crippen molar-refractivity contribution in [1.29, 1.82) is 0 Å². The molecule has 5 nitrogen and oxygen atoms in total. The van der Waals surface area contributed by atoms with Crippen LogP contribution in [0.2, 0.25) is 0 Å². The molecule has 1 atom stereocenters. The first-order valence-corrected chi connectivity index (χ1v) is 9.95. The van der Waals surface area contributed by atoms with E-state index >= 15 is 0 Å². The lowest BCUT2D eigenvalue weighted by Gasteiger charge is -2.42. The minimum Gasteiger partial charge on any atom is -0.345 e. The molecule has 26 heavy (non-hydrogen) atoms. The number of benzene rings is 1. The van der Waals surface area contributed by atoms with Crippen LogP contribution >= 0.6 is 0 Å². The van der Waals surface area contributed by atoms with E-state index in [4.69, 9.17) is 0 Å². The maximum Gasteiger partial charge on any atom is 0.253 e. The van der Waals surface area contributed by atoms with Gasteiger partial charge in [0.1, 0.15) is 0 Å². The molecule has 1 aliphatic carbocycles. The zero-order valence-electron chi connectivity index (χ0n) is 16.1. The van der Waals surface area contributed by atoms with Gasteiger partial charge in [0.05, 0.1) is 6.04 Å². The molecule has 2 aliphatic rings. The van der Waals surface area contributed by atoms with Gasteiger partial charge in [0.2, 0.25) is 5.91 Å². The summed E-state index contributed by atoms with van der Waals surface area (Å²) >= 11 is 0. The first-order valence-electron chi connectivity index (χ1n) is 9.95. The molecule has 1 heterocycles. The molecule has 2 fully saturated rings. The SMILES string of the molecule is CCN(C)C(=O)[C@@H](C1CCCC1)N1CCN(C(=O)c2ccccc2)CC1. The summed E-state index contributed by atoms with van der Waals surface area (Å²) in [5, 5.41) is 0. The van der Waals surface area contributed by atoms with Crippen LogP contribution in [0.3, 0.4) is 0 Å². The van der Waals surface area contributed by atoms with Gasteiger partial charge in [0.15, 0.2) is 0 Å². The molecule has 3 rings (SSSR count). The van der Waals surface area contributed by atoms with Crippen molar-refractivity contribution in [2.45, 2.75) is 38.6 Å². The molecule has 0 aromatic heterocycles. The predicted molar refractivity (Wildman–Crippen MR) is 103 cm³/mol. The Balaban J connectivity index is 1.65. The summed E-state index contributed by atoms with van der Waals surface area (Å²) in [5.41, 5.74) is 0.745. The fourth-order valence-corrected chi connectivity index (χ4v) is 4.28. The lowest BCUT2D eigenvalue weighted by atomic mass is 9.94. The van der Waals surface area contributed by atoms with E-state index in [1.54, 1.807) is 0 Å². The molecule has 0 N–H and O–H groups in total. The molecule has 1 saturated heterocycles. The lowest BCUT2D eigenvalue weighted by molar-refractivity contribution is -0.138. The molecule has 1 aliphatic heterocycles. The van der Waals surface area contributed by atoms with E-state index in [9.17, 15) is 9.59 Å². The molecule has 1 aromatic carbocycles. The molecule has 1 aromatic rings. The van der Waals surface area contributed by atoms with Gasteiger partial charge in [-0.05, 0) is 37.8 Å². The normalized spacial score (nSPS) is 20.2. The van der Waals surface area contributed by atoms with Crippen LogP contribution in [0.5, 0.6) is 0 Å². The smallest absolute Gasteiger partial charge is 0.253 e. The van der Waals surface area contributed by atoms with E-state index in [0.717, 1.165) is 38.0 Å². The number of nitrogens with zero attached hydrogens (tertiary/aromatic N) is 3. The van der Waals surface area contributed by atoms with Gasteiger partial charge >= 0.3 is 0 Å². The number of amides is 2. The number of hydrogen-bond donors (Lipinski definition) is 0. The van der Waals surface area contributed by atoms with Gasteiger partial charge in [-0.25, -0.2) is 0 Å². The summed E-state index contributed by atoms with van der Waals surface area (Å²) < 4.78 is 0. The standard InChI is InChI=1S/C21H31N3O2/c1-3-22(2)21(26)19(17-9-7-8-10-17)23-13-15-24(16-14-23)20(25)18-11-5-4-6-12-18/h4-6,11-12,17,19H,3,7-10,13-16H2,1-2H3/t19-/m1/s1. The van der Waals surface area contributed by atoms with Crippen LogP contribution in [0, 0.1) is 5.92 Å². The van der Waals surface area contributed by atoms with Crippen LogP contribution in [0.25, 0.3) is 0 Å². The third-order valence-electron chi connectivity index (χ3n) is 5.97. The first kappa shape index (κ1) is 18.9. The van der Waals surface area contributed by atoms with E-state index < -0.39 is 0 Å². The summed E-state index contributed by atoms with van der Waals surface area (Å²) in [4.78, 5) is 31.8. The van der Waals surface area contributed by atoms with Crippen LogP contribution in [0.1, 0.15) is 43.0 Å². The summed E-state index contributed by atoms with van der Waals surface area (Å²) in [6, 6.07) is 9.46. The van der Waals surface area contributed by atoms with Gasteiger partial charge in [0.25, 0.3) is 5.91 Å². The maximum atomic E-state index is 13.0. The number of hydrogen-bond acceptors (Lipinski definition) is 3. The highest BCUT2D eigenvalue weighted by Crippen LogP contribution is 2.31. The van der Waals surface area contributed by atoms with Crippen molar-refractivity contribution in [3.63, 3.8) is 0 Å². The zero-order chi connectivity index (χ0) is 18.5. The molecule has 142 valence electrons. The Morgan fingerprint density at radius 2 is 1.69 bits per heavy atom. The second-order valence-electron chi connectivity index (χ2n) is 7.54. The average molecular weight is 357 g/mol. The molecular formula is C21H31N3O2. The van der Waals surface area contributed by atoms with Gasteiger partial charge < -0.3 is 9.80 Å². The summed E-state index contributed by atoms with van der Waals surface area (Å²) in [6.45, 7) is 5.72. The number of likely N-dealkylation sites (N-methyl/N-ethyl adjacent to an activating group) is 1. The van der Waals surface area contributed by atoms with Crippen molar-refractivity contribution in [2.75, 3.05) is 39.8 Å². The minimum atomic E-state index is -0.0172. The van der Waals surface area contributed by atoms with Crippen LogP contribution < -0.4 is 0 Å². The number of carbonyl (C=O) groups excluding carboxylic acids is 2. The molecule has 0 spiro atoms. The Hall–Kier alpha value is -1.88. The molecule has 2 amide bonds. The van der Waals surface area contributed by atoms with Gasteiger partial charge in [-0.3, -0.25) is 14.5 Å². The zero-order valence-corrected chi connectivity index (χ0v) is 16.1. The summed E-state index contributed by atoms with van der Waals surface area (Å²) in [6.07, 6.45) is 4.77. The molecule has 0 bridgehead atoms. The van der Waals surface area contributed by atoms with Crippen molar-refractivity contribution in [3.05, 3.63) is 35.9 Å². The number of carbonyl (C=O) groups is 2. The second-order valence-corrected chi connectivity index (χ2v) is 7.54. The van der Waals surface area contributed by atoms with Crippen molar-refractivity contribution in [2.24, 2.45) is 5.92 Å². The topological polar surface area (TPSA) is 43.9 Å². The van der Waals surface area contributed by atoms with Crippen LogP contribution in [0.15, 0.2) is 30.3 Å². The fourth-order valence-electron chi connectivity index (χ4n) is 4.28. The Bertz CT molecular complexity index is 605. The molecule has 5 heteroatoms. The molecule has 0 radical (unpaired) electrons. The van der Waals surface area contributed by atoms with Crippen LogP contribution in [0.4, 0.5) is 0 Å². The third-order valence-corrected chi connectivity index (χ3v) is 5.97. The van der Waals surface area contributed by atoms with E-state index in [1.807, 2.05) is 54.1 Å². The molecule has 1 saturated carbocycles. The van der Waals surface area contributed by atoms with Gasteiger partial charge in [-0.15, -0.1) is 0 Å². The highest BCUT2D eigenvalue weighted by atomic mass is 16.2. The Kier molecular flexibility index (Phi) is 6.30. The highest BCUT2D eigenvalue weighted by molar-refractivity contribution is 5.94. The summed E-state index contributed by atoms with van der Waals surface area (Å²) in [7, 11) is 1.90. The highest BCUT2D eigenvalue weighted by Gasteiger charge is 2.38. The van der Waals surface area contributed by atoms with Gasteiger partial charge in [0, 0.05) is 45.3 Å². The largest absolute Gasteiger partial charge is 0.345 e. The minimum absolute atomic E-state index is 0.0172. The van der Waals surface area contributed by atoms with E-state index in [1.165, 1.54) is 12.8 Å². The first-order chi connectivity index (χ1) is 12.6. The van der Waals surface area contributed by atoms with Gasteiger partial charge in [-0.2, -0.15) is 0 Å². The lowest BCUT2D eigenvalue weighted by Crippen LogP contribution is -2.58. The number of piperazine rings is 1. The van der Waals surface area contributed by atoms with Crippen molar-refractivity contribution in [3.8, 4) is 0 Å². The van der Waals surface area contributed by atoms with Crippen LogP contribution in [-0.2, 0) is 4.79 Å².